The van der Waals surface area contributed by atoms with E-state index in [1.165, 1.54) is 6.26 Å². The number of amides is 1. The van der Waals surface area contributed by atoms with Gasteiger partial charge in [0.15, 0.2) is 5.76 Å². The van der Waals surface area contributed by atoms with E-state index in [1.807, 2.05) is 0 Å². The molecule has 0 radical (unpaired) electrons. The first kappa shape index (κ1) is 12.7. The number of carboxylic acid groups (broad SMARTS) is 1. The van der Waals surface area contributed by atoms with Crippen molar-refractivity contribution < 1.29 is 19.1 Å². The molecule has 1 amide bonds. The molecule has 1 fully saturated rings. The number of hydrogen-bond acceptors (Lipinski definition) is 3. The zero-order chi connectivity index (χ0) is 13.0. The third-order valence-corrected chi connectivity index (χ3v) is 3.30. The maximum absolute atomic E-state index is 12.1. The number of likely N-dealkylation sites (tertiary alicyclic amines) is 1. The molecule has 1 aliphatic heterocycles. The Hall–Kier alpha value is -1.78. The van der Waals surface area contributed by atoms with Crippen LogP contribution in [0.25, 0.3) is 0 Å². The second-order valence-corrected chi connectivity index (χ2v) is 4.67. The average Bonchev–Trinajstić information content (AvgIpc) is 2.89. The summed E-state index contributed by atoms with van der Waals surface area (Å²) in [6.45, 7) is 1.36. The normalized spacial score (nSPS) is 19.8. The van der Waals surface area contributed by atoms with Gasteiger partial charge in [0.2, 0.25) is 0 Å². The quantitative estimate of drug-likeness (QED) is 0.888. The van der Waals surface area contributed by atoms with Gasteiger partial charge in [-0.05, 0) is 37.3 Å². The van der Waals surface area contributed by atoms with Crippen molar-refractivity contribution in [2.24, 2.45) is 5.92 Å². The van der Waals surface area contributed by atoms with Gasteiger partial charge in [-0.15, -0.1) is 0 Å². The first-order chi connectivity index (χ1) is 8.66. The van der Waals surface area contributed by atoms with Gasteiger partial charge in [0.05, 0.1) is 6.26 Å². The highest BCUT2D eigenvalue weighted by Gasteiger charge is 2.25. The van der Waals surface area contributed by atoms with Gasteiger partial charge >= 0.3 is 5.97 Å². The molecule has 0 bridgehead atoms. The van der Waals surface area contributed by atoms with Crippen LogP contribution < -0.4 is 0 Å². The molecule has 18 heavy (non-hydrogen) atoms. The number of carbonyl (C=O) groups is 2. The maximum atomic E-state index is 12.1. The van der Waals surface area contributed by atoms with Gasteiger partial charge in [0.25, 0.3) is 5.91 Å². The van der Waals surface area contributed by atoms with Gasteiger partial charge in [-0.3, -0.25) is 9.59 Å². The van der Waals surface area contributed by atoms with Crippen LogP contribution in [0.4, 0.5) is 0 Å². The van der Waals surface area contributed by atoms with E-state index in [0.717, 1.165) is 19.4 Å². The zero-order valence-corrected chi connectivity index (χ0v) is 10.2. The smallest absolute Gasteiger partial charge is 0.303 e. The van der Waals surface area contributed by atoms with E-state index < -0.39 is 5.97 Å². The second kappa shape index (κ2) is 5.71. The van der Waals surface area contributed by atoms with E-state index in [0.29, 0.717) is 18.7 Å². The zero-order valence-electron chi connectivity index (χ0n) is 10.2. The Kier molecular flexibility index (Phi) is 4.02. The van der Waals surface area contributed by atoms with Crippen LogP contribution in [0.5, 0.6) is 0 Å². The average molecular weight is 251 g/mol. The lowest BCUT2D eigenvalue weighted by molar-refractivity contribution is -0.137. The first-order valence-corrected chi connectivity index (χ1v) is 6.21. The minimum absolute atomic E-state index is 0.0972. The fraction of sp³-hybridized carbons (Fsp3) is 0.538. The highest BCUT2D eigenvalue weighted by molar-refractivity contribution is 5.91. The van der Waals surface area contributed by atoms with Crippen molar-refractivity contribution in [1.29, 1.82) is 0 Å². The summed E-state index contributed by atoms with van der Waals surface area (Å²) in [7, 11) is 0. The molecule has 1 saturated heterocycles. The summed E-state index contributed by atoms with van der Waals surface area (Å²) >= 11 is 0. The molecule has 1 unspecified atom stereocenters. The number of piperidine rings is 1. The minimum atomic E-state index is -0.774. The number of rotatable bonds is 4. The fourth-order valence-electron chi connectivity index (χ4n) is 2.37. The number of furan rings is 1. The van der Waals surface area contributed by atoms with Gasteiger partial charge in [-0.1, -0.05) is 0 Å². The SMILES string of the molecule is O=C(O)CCC1CCCN(C(=O)c2ccco2)C1. The fourth-order valence-corrected chi connectivity index (χ4v) is 2.37. The van der Waals surface area contributed by atoms with Crippen LogP contribution in [0.3, 0.4) is 0 Å². The summed E-state index contributed by atoms with van der Waals surface area (Å²) in [6.07, 6.45) is 4.22. The summed E-state index contributed by atoms with van der Waals surface area (Å²) < 4.78 is 5.10. The highest BCUT2D eigenvalue weighted by atomic mass is 16.4. The molecule has 1 aromatic rings. The largest absolute Gasteiger partial charge is 0.481 e. The molecule has 1 atom stereocenters. The molecule has 0 spiro atoms. The van der Waals surface area contributed by atoms with E-state index in [9.17, 15) is 9.59 Å². The first-order valence-electron chi connectivity index (χ1n) is 6.21. The third kappa shape index (κ3) is 3.12. The summed E-state index contributed by atoms with van der Waals surface area (Å²) in [5.74, 6) is -0.229. The van der Waals surface area contributed by atoms with Crippen molar-refractivity contribution in [2.75, 3.05) is 13.1 Å². The minimum Gasteiger partial charge on any atom is -0.481 e. The molecule has 5 nitrogen and oxygen atoms in total. The van der Waals surface area contributed by atoms with Gasteiger partial charge in [0.1, 0.15) is 0 Å². The van der Waals surface area contributed by atoms with Crippen molar-refractivity contribution in [2.45, 2.75) is 25.7 Å². The molecule has 98 valence electrons. The van der Waals surface area contributed by atoms with E-state index in [4.69, 9.17) is 9.52 Å². The molecule has 1 aromatic heterocycles. The second-order valence-electron chi connectivity index (χ2n) is 4.67. The Balaban J connectivity index is 1.90. The van der Waals surface area contributed by atoms with Crippen LogP contribution >= 0.6 is 0 Å². The van der Waals surface area contributed by atoms with Crippen LogP contribution in [0.1, 0.15) is 36.2 Å². The summed E-state index contributed by atoms with van der Waals surface area (Å²) in [5.41, 5.74) is 0. The topological polar surface area (TPSA) is 70.8 Å². The van der Waals surface area contributed by atoms with Gasteiger partial charge in [-0.25, -0.2) is 0 Å². The highest BCUT2D eigenvalue weighted by Crippen LogP contribution is 2.22. The Labute approximate surface area is 105 Å². The maximum Gasteiger partial charge on any atom is 0.303 e. The Morgan fingerprint density at radius 2 is 2.33 bits per heavy atom. The summed E-state index contributed by atoms with van der Waals surface area (Å²) in [5, 5.41) is 8.67. The van der Waals surface area contributed by atoms with Crippen molar-refractivity contribution >= 4 is 11.9 Å². The molecule has 2 rings (SSSR count). The van der Waals surface area contributed by atoms with E-state index in [-0.39, 0.29) is 18.2 Å². The Morgan fingerprint density at radius 3 is 3.00 bits per heavy atom. The standard InChI is InChI=1S/C13H17NO4/c15-12(16)6-5-10-3-1-7-14(9-10)13(17)11-4-2-8-18-11/h2,4,8,10H,1,3,5-7,9H2,(H,15,16). The van der Waals surface area contributed by atoms with Crippen molar-refractivity contribution in [3.05, 3.63) is 24.2 Å². The van der Waals surface area contributed by atoms with Crippen molar-refractivity contribution in [3.8, 4) is 0 Å². The van der Waals surface area contributed by atoms with Gasteiger partial charge in [-0.2, -0.15) is 0 Å². The van der Waals surface area contributed by atoms with Gasteiger partial charge in [0, 0.05) is 19.5 Å². The Bertz CT molecular complexity index is 413. The van der Waals surface area contributed by atoms with Crippen LogP contribution in [0, 0.1) is 5.92 Å². The predicted octanol–water partition coefficient (Wildman–Crippen LogP) is 2.00. The Morgan fingerprint density at radius 1 is 1.50 bits per heavy atom. The molecule has 0 aliphatic carbocycles. The molecular weight excluding hydrogens is 234 g/mol. The van der Waals surface area contributed by atoms with Crippen molar-refractivity contribution in [1.82, 2.24) is 4.90 Å². The van der Waals surface area contributed by atoms with Crippen LogP contribution in [0.2, 0.25) is 0 Å². The molecule has 0 saturated carbocycles. The number of carboxylic acids is 1. The number of nitrogens with zero attached hydrogens (tertiary/aromatic N) is 1. The lowest BCUT2D eigenvalue weighted by Crippen LogP contribution is -2.39. The number of aliphatic carboxylic acids is 1. The lowest BCUT2D eigenvalue weighted by atomic mass is 9.93. The molecule has 0 aromatic carbocycles. The summed E-state index contributed by atoms with van der Waals surface area (Å²) in [4.78, 5) is 24.4. The van der Waals surface area contributed by atoms with E-state index >= 15 is 0 Å². The molecule has 1 aliphatic rings. The third-order valence-electron chi connectivity index (χ3n) is 3.30. The van der Waals surface area contributed by atoms with Crippen LogP contribution in [-0.2, 0) is 4.79 Å². The molecule has 2 heterocycles. The van der Waals surface area contributed by atoms with Crippen LogP contribution in [0.15, 0.2) is 22.8 Å². The molecule has 1 N–H and O–H groups in total. The lowest BCUT2D eigenvalue weighted by Gasteiger charge is -2.32. The number of hydrogen-bond donors (Lipinski definition) is 1. The predicted molar refractivity (Wildman–Crippen MR) is 64.2 cm³/mol. The molecular formula is C13H17NO4. The molecule has 5 heteroatoms. The van der Waals surface area contributed by atoms with E-state index in [1.54, 1.807) is 17.0 Å². The van der Waals surface area contributed by atoms with Crippen LogP contribution in [-0.4, -0.2) is 35.0 Å². The summed E-state index contributed by atoms with van der Waals surface area (Å²) in [6, 6.07) is 3.35. The monoisotopic (exact) mass is 251 g/mol. The number of carbonyl (C=O) groups excluding carboxylic acids is 1. The van der Waals surface area contributed by atoms with Crippen molar-refractivity contribution in [3.63, 3.8) is 0 Å². The van der Waals surface area contributed by atoms with Gasteiger partial charge < -0.3 is 14.4 Å². The van der Waals surface area contributed by atoms with E-state index in [2.05, 4.69) is 0 Å².